The molecular formula is C21H25F2N3O3. The Balaban J connectivity index is 1.71. The standard InChI is InChI=1S/C21H25F2N3O3/c1-3-5-16-13-19(21(28)29-4-2)24-26(16)15-8-10-25(11-9-15)20(27)17-7-6-14(22)12-18(17)23/h6-7,12-13,15H,3-5,8-11H2,1-2H3. The lowest BCUT2D eigenvalue weighted by Gasteiger charge is -2.33. The molecule has 6 nitrogen and oxygen atoms in total. The quantitative estimate of drug-likeness (QED) is 0.687. The third-order valence-corrected chi connectivity index (χ3v) is 5.06. The van der Waals surface area contributed by atoms with Crippen molar-refractivity contribution in [3.8, 4) is 0 Å². The van der Waals surface area contributed by atoms with Crippen LogP contribution in [-0.4, -0.2) is 46.3 Å². The summed E-state index contributed by atoms with van der Waals surface area (Å²) in [5.41, 5.74) is 1.13. The van der Waals surface area contributed by atoms with Gasteiger partial charge in [-0.25, -0.2) is 13.6 Å². The molecule has 1 fully saturated rings. The van der Waals surface area contributed by atoms with E-state index in [9.17, 15) is 18.4 Å². The van der Waals surface area contributed by atoms with Gasteiger partial charge in [-0.2, -0.15) is 5.10 Å². The fourth-order valence-corrected chi connectivity index (χ4v) is 3.64. The normalized spacial score (nSPS) is 14.8. The van der Waals surface area contributed by atoms with Gasteiger partial charge < -0.3 is 9.64 Å². The fourth-order valence-electron chi connectivity index (χ4n) is 3.64. The highest BCUT2D eigenvalue weighted by atomic mass is 19.1. The Morgan fingerprint density at radius 3 is 2.52 bits per heavy atom. The van der Waals surface area contributed by atoms with Crippen molar-refractivity contribution in [3.05, 3.63) is 52.9 Å². The van der Waals surface area contributed by atoms with Crippen LogP contribution in [0.3, 0.4) is 0 Å². The van der Waals surface area contributed by atoms with E-state index >= 15 is 0 Å². The first-order chi connectivity index (χ1) is 13.9. The molecule has 0 unspecified atom stereocenters. The summed E-state index contributed by atoms with van der Waals surface area (Å²) in [4.78, 5) is 26.2. The Bertz CT molecular complexity index is 889. The zero-order valence-electron chi connectivity index (χ0n) is 16.7. The van der Waals surface area contributed by atoms with E-state index in [0.29, 0.717) is 31.6 Å². The van der Waals surface area contributed by atoms with E-state index in [2.05, 4.69) is 12.0 Å². The van der Waals surface area contributed by atoms with Gasteiger partial charge in [0.05, 0.1) is 18.2 Å². The summed E-state index contributed by atoms with van der Waals surface area (Å²) in [6.07, 6.45) is 2.96. The SMILES string of the molecule is CCCc1cc(C(=O)OCC)nn1C1CCN(C(=O)c2ccc(F)cc2F)CC1. The van der Waals surface area contributed by atoms with E-state index in [1.54, 1.807) is 17.9 Å². The van der Waals surface area contributed by atoms with Crippen LogP contribution in [0.1, 0.15) is 65.7 Å². The lowest BCUT2D eigenvalue weighted by atomic mass is 10.0. The summed E-state index contributed by atoms with van der Waals surface area (Å²) in [6.45, 7) is 4.95. The second-order valence-corrected chi connectivity index (χ2v) is 7.08. The number of benzene rings is 1. The van der Waals surface area contributed by atoms with Crippen LogP contribution in [0.2, 0.25) is 0 Å². The van der Waals surface area contributed by atoms with E-state index in [4.69, 9.17) is 4.74 Å². The highest BCUT2D eigenvalue weighted by Crippen LogP contribution is 2.26. The van der Waals surface area contributed by atoms with Gasteiger partial charge >= 0.3 is 5.97 Å². The maximum atomic E-state index is 13.9. The first-order valence-corrected chi connectivity index (χ1v) is 9.94. The Labute approximate surface area is 168 Å². The number of carbonyl (C=O) groups is 2. The van der Waals surface area contributed by atoms with Gasteiger partial charge in [-0.3, -0.25) is 9.48 Å². The molecule has 8 heteroatoms. The first kappa shape index (κ1) is 21.0. The van der Waals surface area contributed by atoms with E-state index in [0.717, 1.165) is 30.7 Å². The number of aromatic nitrogens is 2. The van der Waals surface area contributed by atoms with Gasteiger partial charge in [0.2, 0.25) is 0 Å². The maximum Gasteiger partial charge on any atom is 0.358 e. The van der Waals surface area contributed by atoms with Crippen LogP contribution in [0.5, 0.6) is 0 Å². The molecule has 1 amide bonds. The molecule has 2 heterocycles. The lowest BCUT2D eigenvalue weighted by molar-refractivity contribution is 0.0517. The molecule has 0 saturated carbocycles. The number of rotatable bonds is 6. The lowest BCUT2D eigenvalue weighted by Crippen LogP contribution is -2.39. The second kappa shape index (κ2) is 9.15. The maximum absolute atomic E-state index is 13.9. The van der Waals surface area contributed by atoms with E-state index in [1.807, 2.05) is 4.68 Å². The summed E-state index contributed by atoms with van der Waals surface area (Å²) in [5.74, 6) is -2.45. The molecule has 3 rings (SSSR count). The smallest absolute Gasteiger partial charge is 0.358 e. The highest BCUT2D eigenvalue weighted by molar-refractivity contribution is 5.94. The molecule has 1 aliphatic rings. The topological polar surface area (TPSA) is 64.4 Å². The monoisotopic (exact) mass is 405 g/mol. The number of hydrogen-bond donors (Lipinski definition) is 0. The molecule has 0 N–H and O–H groups in total. The minimum absolute atomic E-state index is 0.0434. The van der Waals surface area contributed by atoms with Crippen LogP contribution >= 0.6 is 0 Å². The number of aryl methyl sites for hydroxylation is 1. The average molecular weight is 405 g/mol. The Hall–Kier alpha value is -2.77. The van der Waals surface area contributed by atoms with Gasteiger partial charge in [-0.05, 0) is 44.4 Å². The summed E-state index contributed by atoms with van der Waals surface area (Å²) >= 11 is 0. The first-order valence-electron chi connectivity index (χ1n) is 9.94. The van der Waals surface area contributed by atoms with Crippen LogP contribution in [0.4, 0.5) is 8.78 Å². The Kier molecular flexibility index (Phi) is 6.61. The summed E-state index contributed by atoms with van der Waals surface area (Å²) in [5, 5.41) is 4.46. The number of piperidine rings is 1. The van der Waals surface area contributed by atoms with E-state index < -0.39 is 23.5 Å². The van der Waals surface area contributed by atoms with E-state index in [1.165, 1.54) is 6.07 Å². The molecule has 0 radical (unpaired) electrons. The molecule has 0 atom stereocenters. The summed E-state index contributed by atoms with van der Waals surface area (Å²) in [7, 11) is 0. The number of likely N-dealkylation sites (tertiary alicyclic amines) is 1. The number of nitrogens with zero attached hydrogens (tertiary/aromatic N) is 3. The van der Waals surface area contributed by atoms with Gasteiger partial charge in [-0.1, -0.05) is 13.3 Å². The van der Waals surface area contributed by atoms with Crippen LogP contribution in [0.15, 0.2) is 24.3 Å². The number of amides is 1. The minimum atomic E-state index is -0.853. The summed E-state index contributed by atoms with van der Waals surface area (Å²) < 4.78 is 33.9. The Morgan fingerprint density at radius 2 is 1.90 bits per heavy atom. The molecule has 0 aliphatic carbocycles. The third kappa shape index (κ3) is 4.63. The zero-order chi connectivity index (χ0) is 21.0. The van der Waals surface area contributed by atoms with Crippen molar-refractivity contribution < 1.29 is 23.1 Å². The summed E-state index contributed by atoms with van der Waals surface area (Å²) in [6, 6.07) is 4.80. The fraction of sp³-hybridized carbons (Fsp3) is 0.476. The van der Waals surface area contributed by atoms with Crippen LogP contribution in [0.25, 0.3) is 0 Å². The molecule has 0 bridgehead atoms. The van der Waals surface area contributed by atoms with Gasteiger partial charge in [0.25, 0.3) is 5.91 Å². The highest BCUT2D eigenvalue weighted by Gasteiger charge is 2.28. The predicted molar refractivity (Wildman–Crippen MR) is 103 cm³/mol. The van der Waals surface area contributed by atoms with Crippen molar-refractivity contribution in [2.75, 3.05) is 19.7 Å². The second-order valence-electron chi connectivity index (χ2n) is 7.08. The number of esters is 1. The van der Waals surface area contributed by atoms with Crippen molar-refractivity contribution in [3.63, 3.8) is 0 Å². The zero-order valence-corrected chi connectivity index (χ0v) is 16.7. The third-order valence-electron chi connectivity index (χ3n) is 5.06. The average Bonchev–Trinajstić information content (AvgIpc) is 3.12. The molecule has 1 saturated heterocycles. The van der Waals surface area contributed by atoms with Crippen LogP contribution < -0.4 is 0 Å². The molecule has 1 aromatic heterocycles. The largest absolute Gasteiger partial charge is 0.461 e. The van der Waals surface area contributed by atoms with Crippen LogP contribution in [-0.2, 0) is 11.2 Å². The van der Waals surface area contributed by atoms with Crippen molar-refractivity contribution >= 4 is 11.9 Å². The van der Waals surface area contributed by atoms with Crippen LogP contribution in [0, 0.1) is 11.6 Å². The van der Waals surface area contributed by atoms with Gasteiger partial charge in [0, 0.05) is 24.8 Å². The Morgan fingerprint density at radius 1 is 1.17 bits per heavy atom. The number of hydrogen-bond acceptors (Lipinski definition) is 4. The molecule has 2 aromatic rings. The van der Waals surface area contributed by atoms with E-state index in [-0.39, 0.29) is 18.2 Å². The molecule has 1 aromatic carbocycles. The van der Waals surface area contributed by atoms with Gasteiger partial charge in [0.1, 0.15) is 11.6 Å². The molecule has 29 heavy (non-hydrogen) atoms. The van der Waals surface area contributed by atoms with Gasteiger partial charge in [-0.15, -0.1) is 0 Å². The number of halogens is 2. The number of ether oxygens (including phenoxy) is 1. The predicted octanol–water partition coefficient (Wildman–Crippen LogP) is 3.77. The van der Waals surface area contributed by atoms with Crippen molar-refractivity contribution in [1.29, 1.82) is 0 Å². The molecular weight excluding hydrogens is 380 g/mol. The minimum Gasteiger partial charge on any atom is -0.461 e. The van der Waals surface area contributed by atoms with Gasteiger partial charge in [0.15, 0.2) is 5.69 Å². The van der Waals surface area contributed by atoms with Crippen molar-refractivity contribution in [1.82, 2.24) is 14.7 Å². The molecule has 1 aliphatic heterocycles. The number of carbonyl (C=O) groups excluding carboxylic acids is 2. The molecule has 0 spiro atoms. The molecule has 156 valence electrons. The van der Waals surface area contributed by atoms with Crippen molar-refractivity contribution in [2.24, 2.45) is 0 Å². The van der Waals surface area contributed by atoms with Crippen molar-refractivity contribution in [2.45, 2.75) is 45.6 Å².